The predicted molar refractivity (Wildman–Crippen MR) is 76.0 cm³/mol. The van der Waals surface area contributed by atoms with Gasteiger partial charge >= 0.3 is 0 Å². The third-order valence-electron chi connectivity index (χ3n) is 3.95. The lowest BCUT2D eigenvalue weighted by Crippen LogP contribution is -2.33. The molecule has 0 bridgehead atoms. The maximum Gasteiger partial charge on any atom is 0.134 e. The highest BCUT2D eigenvalue weighted by Crippen LogP contribution is 2.35. The van der Waals surface area contributed by atoms with Crippen molar-refractivity contribution in [2.45, 2.75) is 45.6 Å². The molecule has 0 atom stereocenters. The standard InChI is InChI=1S/C15H22ClNO/c1-15(7-3-2-4-8-15)11-17-10-12-5-6-14(18)13(16)9-12/h5-6,9,17-18H,2-4,7-8,10-11H2,1H3. The molecule has 0 spiro atoms. The largest absolute Gasteiger partial charge is 0.506 e. The maximum atomic E-state index is 9.36. The third-order valence-corrected chi connectivity index (χ3v) is 4.26. The Morgan fingerprint density at radius 2 is 2.00 bits per heavy atom. The lowest BCUT2D eigenvalue weighted by atomic mass is 9.76. The van der Waals surface area contributed by atoms with Crippen molar-refractivity contribution in [3.8, 4) is 5.75 Å². The van der Waals surface area contributed by atoms with Crippen molar-refractivity contribution in [1.82, 2.24) is 5.32 Å². The molecule has 2 N–H and O–H groups in total. The minimum Gasteiger partial charge on any atom is -0.506 e. The van der Waals surface area contributed by atoms with E-state index in [4.69, 9.17) is 11.6 Å². The molecule has 2 rings (SSSR count). The summed E-state index contributed by atoms with van der Waals surface area (Å²) >= 11 is 5.89. The molecule has 1 aliphatic carbocycles. The second-order valence-electron chi connectivity index (χ2n) is 5.76. The number of rotatable bonds is 4. The topological polar surface area (TPSA) is 32.3 Å². The van der Waals surface area contributed by atoms with Crippen LogP contribution in [0.5, 0.6) is 5.75 Å². The first-order valence-corrected chi connectivity index (χ1v) is 7.15. The first kappa shape index (κ1) is 13.7. The number of phenols is 1. The molecule has 0 aromatic heterocycles. The summed E-state index contributed by atoms with van der Waals surface area (Å²) in [6.07, 6.45) is 6.78. The van der Waals surface area contributed by atoms with Crippen LogP contribution in [0.25, 0.3) is 0 Å². The third kappa shape index (κ3) is 3.63. The van der Waals surface area contributed by atoms with Crippen LogP contribution in [-0.2, 0) is 6.54 Å². The molecule has 0 aliphatic heterocycles. The van der Waals surface area contributed by atoms with Crippen LogP contribution in [0.15, 0.2) is 18.2 Å². The van der Waals surface area contributed by atoms with Gasteiger partial charge in [-0.3, -0.25) is 0 Å². The molecule has 18 heavy (non-hydrogen) atoms. The molecule has 1 aliphatic rings. The van der Waals surface area contributed by atoms with E-state index in [1.165, 1.54) is 32.1 Å². The van der Waals surface area contributed by atoms with Gasteiger partial charge in [0.2, 0.25) is 0 Å². The summed E-state index contributed by atoms with van der Waals surface area (Å²) in [6, 6.07) is 5.40. The highest BCUT2D eigenvalue weighted by atomic mass is 35.5. The van der Waals surface area contributed by atoms with E-state index >= 15 is 0 Å². The van der Waals surface area contributed by atoms with Gasteiger partial charge in [0.25, 0.3) is 0 Å². The molecule has 0 radical (unpaired) electrons. The number of hydrogen-bond donors (Lipinski definition) is 2. The summed E-state index contributed by atoms with van der Waals surface area (Å²) in [5, 5.41) is 13.3. The van der Waals surface area contributed by atoms with Crippen molar-refractivity contribution in [2.24, 2.45) is 5.41 Å². The Labute approximate surface area is 114 Å². The number of benzene rings is 1. The summed E-state index contributed by atoms with van der Waals surface area (Å²) in [5.74, 6) is 0.152. The van der Waals surface area contributed by atoms with Gasteiger partial charge in [-0.05, 0) is 36.0 Å². The van der Waals surface area contributed by atoms with Crippen molar-refractivity contribution in [3.63, 3.8) is 0 Å². The Kier molecular flexibility index (Phi) is 4.52. The summed E-state index contributed by atoms with van der Waals surface area (Å²) in [6.45, 7) is 4.25. The van der Waals surface area contributed by atoms with E-state index in [9.17, 15) is 5.11 Å². The lowest BCUT2D eigenvalue weighted by molar-refractivity contribution is 0.207. The minimum absolute atomic E-state index is 0.152. The zero-order valence-corrected chi connectivity index (χ0v) is 11.8. The Bertz CT molecular complexity index is 399. The molecule has 100 valence electrons. The van der Waals surface area contributed by atoms with Crippen molar-refractivity contribution in [2.75, 3.05) is 6.54 Å². The molecule has 1 aromatic rings. The van der Waals surface area contributed by atoms with E-state index in [0.717, 1.165) is 18.7 Å². The molecule has 0 amide bonds. The Morgan fingerprint density at radius 1 is 1.28 bits per heavy atom. The monoisotopic (exact) mass is 267 g/mol. The summed E-state index contributed by atoms with van der Waals surface area (Å²) < 4.78 is 0. The van der Waals surface area contributed by atoms with Gasteiger partial charge in [0.05, 0.1) is 5.02 Å². The van der Waals surface area contributed by atoms with Crippen LogP contribution in [0.1, 0.15) is 44.6 Å². The van der Waals surface area contributed by atoms with E-state index in [1.807, 2.05) is 12.1 Å². The van der Waals surface area contributed by atoms with Gasteiger partial charge in [-0.1, -0.05) is 43.9 Å². The second-order valence-corrected chi connectivity index (χ2v) is 6.17. The molecule has 1 fully saturated rings. The van der Waals surface area contributed by atoms with E-state index < -0.39 is 0 Å². The van der Waals surface area contributed by atoms with Crippen LogP contribution in [0, 0.1) is 5.41 Å². The van der Waals surface area contributed by atoms with Crippen LogP contribution in [0.3, 0.4) is 0 Å². The average molecular weight is 268 g/mol. The number of halogens is 1. The summed E-state index contributed by atoms with van der Waals surface area (Å²) in [7, 11) is 0. The molecular formula is C15H22ClNO. The normalized spacial score (nSPS) is 18.8. The Hall–Kier alpha value is -0.730. The van der Waals surface area contributed by atoms with E-state index in [0.29, 0.717) is 10.4 Å². The molecular weight excluding hydrogens is 246 g/mol. The van der Waals surface area contributed by atoms with Crippen LogP contribution in [-0.4, -0.2) is 11.7 Å². The number of hydrogen-bond acceptors (Lipinski definition) is 2. The van der Waals surface area contributed by atoms with Gasteiger partial charge in [-0.25, -0.2) is 0 Å². The second kappa shape index (κ2) is 5.94. The van der Waals surface area contributed by atoms with Gasteiger partial charge in [0, 0.05) is 13.1 Å². The van der Waals surface area contributed by atoms with Crippen LogP contribution < -0.4 is 5.32 Å². The van der Waals surface area contributed by atoms with Crippen molar-refractivity contribution in [1.29, 1.82) is 0 Å². The van der Waals surface area contributed by atoms with Crippen LogP contribution in [0.2, 0.25) is 5.02 Å². The molecule has 3 heteroatoms. The molecule has 2 nitrogen and oxygen atoms in total. The van der Waals surface area contributed by atoms with E-state index in [1.54, 1.807) is 6.07 Å². The summed E-state index contributed by atoms with van der Waals surface area (Å²) in [4.78, 5) is 0. The quantitative estimate of drug-likeness (QED) is 0.861. The van der Waals surface area contributed by atoms with Crippen LogP contribution in [0.4, 0.5) is 0 Å². The first-order valence-electron chi connectivity index (χ1n) is 6.77. The first-order chi connectivity index (χ1) is 8.59. The highest BCUT2D eigenvalue weighted by molar-refractivity contribution is 6.32. The minimum atomic E-state index is 0.152. The predicted octanol–water partition coefficient (Wildman–Crippen LogP) is 4.11. The SMILES string of the molecule is CC1(CNCc2ccc(O)c(Cl)c2)CCCCC1. The molecule has 0 saturated heterocycles. The molecule has 1 aromatic carbocycles. The zero-order valence-electron chi connectivity index (χ0n) is 11.0. The number of aromatic hydroxyl groups is 1. The highest BCUT2D eigenvalue weighted by Gasteiger charge is 2.25. The smallest absolute Gasteiger partial charge is 0.134 e. The number of nitrogens with one attached hydrogen (secondary N) is 1. The van der Waals surface area contributed by atoms with Gasteiger partial charge < -0.3 is 10.4 Å². The van der Waals surface area contributed by atoms with Gasteiger partial charge in [0.1, 0.15) is 5.75 Å². The lowest BCUT2D eigenvalue weighted by Gasteiger charge is -2.33. The summed E-state index contributed by atoms with van der Waals surface area (Å²) in [5.41, 5.74) is 1.58. The van der Waals surface area contributed by atoms with Crippen molar-refractivity contribution >= 4 is 11.6 Å². The fourth-order valence-electron chi connectivity index (χ4n) is 2.75. The fraction of sp³-hybridized carbons (Fsp3) is 0.600. The molecule has 0 heterocycles. The van der Waals surface area contributed by atoms with Gasteiger partial charge in [0.15, 0.2) is 0 Å². The molecule has 1 saturated carbocycles. The average Bonchev–Trinajstić information content (AvgIpc) is 2.34. The molecule has 0 unspecified atom stereocenters. The zero-order chi connectivity index (χ0) is 13.0. The maximum absolute atomic E-state index is 9.36. The number of phenolic OH excluding ortho intramolecular Hbond substituents is 1. The van der Waals surface area contributed by atoms with Crippen molar-refractivity contribution in [3.05, 3.63) is 28.8 Å². The Balaban J connectivity index is 1.82. The van der Waals surface area contributed by atoms with E-state index in [-0.39, 0.29) is 5.75 Å². The van der Waals surface area contributed by atoms with Crippen LogP contribution >= 0.6 is 11.6 Å². The fourth-order valence-corrected chi connectivity index (χ4v) is 2.95. The van der Waals surface area contributed by atoms with Crippen molar-refractivity contribution < 1.29 is 5.11 Å². The van der Waals surface area contributed by atoms with E-state index in [2.05, 4.69) is 12.2 Å². The van der Waals surface area contributed by atoms with Gasteiger partial charge in [-0.2, -0.15) is 0 Å². The van der Waals surface area contributed by atoms with Gasteiger partial charge in [-0.15, -0.1) is 0 Å². The Morgan fingerprint density at radius 3 is 2.67 bits per heavy atom.